The van der Waals surface area contributed by atoms with Gasteiger partial charge >= 0.3 is 0 Å². The van der Waals surface area contributed by atoms with Gasteiger partial charge in [-0.25, -0.2) is 0 Å². The second kappa shape index (κ2) is 14.1. The lowest BCUT2D eigenvalue weighted by molar-refractivity contribution is 1.29. The first-order valence-corrected chi connectivity index (χ1v) is 19.5. The summed E-state index contributed by atoms with van der Waals surface area (Å²) in [4.78, 5) is 4.76. The molecule has 0 saturated carbocycles. The van der Waals surface area contributed by atoms with Crippen molar-refractivity contribution in [2.75, 3.05) is 9.80 Å². The van der Waals surface area contributed by atoms with Crippen LogP contribution in [0.3, 0.4) is 0 Å². The first-order valence-electron chi connectivity index (χ1n) is 18.7. The normalized spacial score (nSPS) is 11.3. The highest BCUT2D eigenvalue weighted by molar-refractivity contribution is 7.26. The van der Waals surface area contributed by atoms with Crippen LogP contribution in [0.15, 0.2) is 218 Å². The van der Waals surface area contributed by atoms with Crippen molar-refractivity contribution in [1.29, 1.82) is 0 Å². The van der Waals surface area contributed by atoms with E-state index in [9.17, 15) is 0 Å². The number of hydrogen-bond donors (Lipinski definition) is 0. The van der Waals surface area contributed by atoms with Crippen molar-refractivity contribution in [2.24, 2.45) is 0 Å². The molecule has 0 aliphatic rings. The van der Waals surface area contributed by atoms with Gasteiger partial charge in [-0.05, 0) is 94.4 Å². The average molecular weight is 721 g/mol. The third-order valence-corrected chi connectivity index (χ3v) is 11.5. The van der Waals surface area contributed by atoms with E-state index in [2.05, 4.69) is 228 Å². The number of para-hydroxylation sites is 2. The fourth-order valence-corrected chi connectivity index (χ4v) is 9.02. The summed E-state index contributed by atoms with van der Waals surface area (Å²) < 4.78 is 2.52. The van der Waals surface area contributed by atoms with Gasteiger partial charge in [-0.1, -0.05) is 152 Å². The molecular formula is C52H36N2S. The molecule has 10 rings (SSSR count). The zero-order valence-electron chi connectivity index (χ0n) is 30.1. The molecule has 0 atom stereocenters. The van der Waals surface area contributed by atoms with Gasteiger partial charge in [0.05, 0.1) is 5.69 Å². The van der Waals surface area contributed by atoms with E-state index in [0.717, 1.165) is 34.1 Å². The molecule has 3 heteroatoms. The Morgan fingerprint density at radius 2 is 0.691 bits per heavy atom. The molecule has 2 nitrogen and oxygen atoms in total. The number of anilines is 6. The lowest BCUT2D eigenvalue weighted by Gasteiger charge is -2.27. The molecule has 0 unspecified atom stereocenters. The molecule has 10 aromatic rings. The molecule has 0 fully saturated rings. The fourth-order valence-electron chi connectivity index (χ4n) is 7.83. The minimum absolute atomic E-state index is 1.12. The Kier molecular flexibility index (Phi) is 8.40. The van der Waals surface area contributed by atoms with Gasteiger partial charge in [0, 0.05) is 54.0 Å². The zero-order valence-corrected chi connectivity index (χ0v) is 30.9. The topological polar surface area (TPSA) is 6.48 Å². The highest BCUT2D eigenvalue weighted by atomic mass is 32.1. The van der Waals surface area contributed by atoms with Crippen LogP contribution >= 0.6 is 11.3 Å². The highest BCUT2D eigenvalue weighted by Gasteiger charge is 2.21. The monoisotopic (exact) mass is 720 g/mol. The van der Waals surface area contributed by atoms with Crippen molar-refractivity contribution in [3.05, 3.63) is 218 Å². The Labute approximate surface area is 325 Å². The molecule has 0 aliphatic carbocycles. The van der Waals surface area contributed by atoms with Gasteiger partial charge < -0.3 is 9.80 Å². The van der Waals surface area contributed by atoms with E-state index in [-0.39, 0.29) is 0 Å². The molecule has 0 amide bonds. The largest absolute Gasteiger partial charge is 0.310 e. The van der Waals surface area contributed by atoms with Gasteiger partial charge in [-0.2, -0.15) is 0 Å². The summed E-state index contributed by atoms with van der Waals surface area (Å²) >= 11 is 1.87. The molecule has 9 aromatic carbocycles. The molecular weight excluding hydrogens is 685 g/mol. The standard InChI is InChI=1S/C52H36N2S/c1-5-15-37(16-6-1)39-25-29-43(30-26-39)53(41-19-9-3-10-20-41)45-33-34-48-50(35-45)55-51-36-49(46-23-13-14-24-47(46)52(48)51)54(42-21-11-4-12-22-42)44-31-27-40(28-32-44)38-17-7-2-8-18-38/h1-36H. The van der Waals surface area contributed by atoms with Gasteiger partial charge in [0.1, 0.15) is 0 Å². The highest BCUT2D eigenvalue weighted by Crippen LogP contribution is 2.48. The number of thiophene rings is 1. The maximum atomic E-state index is 2.41. The van der Waals surface area contributed by atoms with Crippen LogP contribution in [0.5, 0.6) is 0 Å². The maximum absolute atomic E-state index is 2.41. The smallest absolute Gasteiger partial charge is 0.0554 e. The Morgan fingerprint density at radius 3 is 1.25 bits per heavy atom. The second-order valence-corrected chi connectivity index (χ2v) is 14.8. The van der Waals surface area contributed by atoms with E-state index in [1.165, 1.54) is 53.2 Å². The van der Waals surface area contributed by atoms with Crippen molar-refractivity contribution >= 4 is 76.4 Å². The van der Waals surface area contributed by atoms with Crippen LogP contribution < -0.4 is 9.80 Å². The lowest BCUT2D eigenvalue weighted by atomic mass is 10.00. The van der Waals surface area contributed by atoms with E-state index in [4.69, 9.17) is 0 Å². The predicted molar refractivity (Wildman–Crippen MR) is 237 cm³/mol. The van der Waals surface area contributed by atoms with Crippen LogP contribution in [0.4, 0.5) is 34.1 Å². The minimum Gasteiger partial charge on any atom is -0.310 e. The summed E-state index contributed by atoms with van der Waals surface area (Å²) in [5, 5.41) is 5.06. The first-order chi connectivity index (χ1) is 27.3. The van der Waals surface area contributed by atoms with E-state index < -0.39 is 0 Å². The van der Waals surface area contributed by atoms with Crippen molar-refractivity contribution in [1.82, 2.24) is 0 Å². The average Bonchev–Trinajstić information content (AvgIpc) is 3.64. The maximum Gasteiger partial charge on any atom is 0.0554 e. The summed E-state index contributed by atoms with van der Waals surface area (Å²) in [6, 6.07) is 78.7. The third kappa shape index (κ3) is 6.11. The van der Waals surface area contributed by atoms with Crippen LogP contribution in [-0.4, -0.2) is 0 Å². The second-order valence-electron chi connectivity index (χ2n) is 13.8. The third-order valence-electron chi connectivity index (χ3n) is 10.4. The number of benzene rings is 9. The van der Waals surface area contributed by atoms with Crippen LogP contribution in [0.1, 0.15) is 0 Å². The minimum atomic E-state index is 1.12. The number of rotatable bonds is 8. The number of nitrogens with zero attached hydrogens (tertiary/aromatic N) is 2. The van der Waals surface area contributed by atoms with E-state index in [0.29, 0.717) is 0 Å². The SMILES string of the molecule is c1ccc(-c2ccc(N(c3ccccc3)c3ccc4c(c3)sc3cc(N(c5ccccc5)c5ccc(-c6ccccc6)cc5)c5ccccc5c34)cc2)cc1. The van der Waals surface area contributed by atoms with E-state index in [1.807, 2.05) is 11.3 Å². The van der Waals surface area contributed by atoms with Crippen LogP contribution in [0.2, 0.25) is 0 Å². The molecule has 0 bridgehead atoms. The summed E-state index contributed by atoms with van der Waals surface area (Å²) in [5.41, 5.74) is 11.6. The van der Waals surface area contributed by atoms with Crippen LogP contribution in [-0.2, 0) is 0 Å². The number of fused-ring (bicyclic) bond motifs is 5. The van der Waals surface area contributed by atoms with Crippen molar-refractivity contribution < 1.29 is 0 Å². The Hall–Kier alpha value is -6.94. The Morgan fingerprint density at radius 1 is 0.273 bits per heavy atom. The van der Waals surface area contributed by atoms with Crippen molar-refractivity contribution in [2.45, 2.75) is 0 Å². The Balaban J connectivity index is 1.12. The van der Waals surface area contributed by atoms with Crippen molar-refractivity contribution in [3.8, 4) is 22.3 Å². The molecule has 1 heterocycles. The molecule has 0 saturated heterocycles. The molecule has 55 heavy (non-hydrogen) atoms. The molecule has 260 valence electrons. The van der Waals surface area contributed by atoms with Crippen LogP contribution in [0.25, 0.3) is 53.2 Å². The van der Waals surface area contributed by atoms with Gasteiger partial charge in [0.2, 0.25) is 0 Å². The fraction of sp³-hybridized carbons (Fsp3) is 0. The number of hydrogen-bond acceptors (Lipinski definition) is 3. The first kappa shape index (κ1) is 32.7. The predicted octanol–water partition coefficient (Wildman–Crippen LogP) is 15.5. The summed E-state index contributed by atoms with van der Waals surface area (Å²) in [7, 11) is 0. The van der Waals surface area contributed by atoms with Gasteiger partial charge in [0.15, 0.2) is 0 Å². The molecule has 0 radical (unpaired) electrons. The molecule has 1 aromatic heterocycles. The van der Waals surface area contributed by atoms with E-state index >= 15 is 0 Å². The molecule has 0 N–H and O–H groups in total. The van der Waals surface area contributed by atoms with Crippen molar-refractivity contribution in [3.63, 3.8) is 0 Å². The summed E-state index contributed by atoms with van der Waals surface area (Å²) in [5.74, 6) is 0. The quantitative estimate of drug-likeness (QED) is 0.154. The summed E-state index contributed by atoms with van der Waals surface area (Å²) in [6.07, 6.45) is 0. The van der Waals surface area contributed by atoms with E-state index in [1.54, 1.807) is 0 Å². The zero-order chi connectivity index (χ0) is 36.6. The lowest BCUT2D eigenvalue weighted by Crippen LogP contribution is -2.10. The Bertz CT molecular complexity index is 2890. The summed E-state index contributed by atoms with van der Waals surface area (Å²) in [6.45, 7) is 0. The van der Waals surface area contributed by atoms with Gasteiger partial charge in [-0.15, -0.1) is 11.3 Å². The van der Waals surface area contributed by atoms with Gasteiger partial charge in [-0.3, -0.25) is 0 Å². The van der Waals surface area contributed by atoms with Crippen LogP contribution in [0, 0.1) is 0 Å². The van der Waals surface area contributed by atoms with Gasteiger partial charge in [0.25, 0.3) is 0 Å². The molecule has 0 spiro atoms. The molecule has 0 aliphatic heterocycles.